The van der Waals surface area contributed by atoms with Crippen molar-refractivity contribution >= 4 is 18.3 Å². The van der Waals surface area contributed by atoms with Gasteiger partial charge in [-0.3, -0.25) is 10.1 Å². The van der Waals surface area contributed by atoms with Crippen molar-refractivity contribution in [3.05, 3.63) is 33.9 Å². The van der Waals surface area contributed by atoms with Crippen LogP contribution in [0.4, 0.5) is 5.69 Å². The largest absolute Gasteiger partial charge is 0.508 e. The summed E-state index contributed by atoms with van der Waals surface area (Å²) in [5, 5.41) is 20.0. The van der Waals surface area contributed by atoms with Gasteiger partial charge in [-0.2, -0.15) is 12.6 Å². The molecule has 0 bridgehead atoms. The van der Waals surface area contributed by atoms with Crippen LogP contribution in [0.3, 0.4) is 0 Å². The molecular weight excluding hydrogens is 254 g/mol. The number of thiol groups is 1. The number of nitrogens with zero attached hydrogens (tertiary/aromatic N) is 1. The van der Waals surface area contributed by atoms with Crippen molar-refractivity contribution in [2.45, 2.75) is 26.4 Å². The summed E-state index contributed by atoms with van der Waals surface area (Å²) < 4.78 is 5.29. The van der Waals surface area contributed by atoms with Gasteiger partial charge in [-0.15, -0.1) is 0 Å². The molecule has 0 radical (unpaired) electrons. The van der Waals surface area contributed by atoms with Crippen molar-refractivity contribution in [2.75, 3.05) is 12.9 Å². The molecule has 0 aliphatic rings. The number of rotatable bonds is 6. The van der Waals surface area contributed by atoms with Crippen molar-refractivity contribution in [3.8, 4) is 5.75 Å². The van der Waals surface area contributed by atoms with Crippen LogP contribution in [0.25, 0.3) is 0 Å². The Kier molecular flexibility index (Phi) is 9.04. The predicted molar refractivity (Wildman–Crippen MR) is 74.2 cm³/mol. The minimum atomic E-state index is -0.491. The molecule has 0 unspecified atom stereocenters. The molecule has 1 rings (SSSR count). The van der Waals surface area contributed by atoms with Crippen LogP contribution in [0.5, 0.6) is 5.75 Å². The van der Waals surface area contributed by atoms with Crippen molar-refractivity contribution in [3.63, 3.8) is 0 Å². The van der Waals surface area contributed by atoms with E-state index in [1.807, 2.05) is 6.92 Å². The first-order valence-corrected chi connectivity index (χ1v) is 6.53. The Morgan fingerprint density at radius 1 is 1.44 bits per heavy atom. The van der Waals surface area contributed by atoms with Crippen LogP contribution in [0.2, 0.25) is 0 Å². The first-order valence-electron chi connectivity index (χ1n) is 5.64. The van der Waals surface area contributed by atoms with Crippen LogP contribution < -0.4 is 0 Å². The van der Waals surface area contributed by atoms with E-state index in [9.17, 15) is 15.2 Å². The minimum absolute atomic E-state index is 0.0297. The number of phenols is 1. The molecule has 6 heteroatoms. The number of benzene rings is 1. The van der Waals surface area contributed by atoms with E-state index < -0.39 is 4.92 Å². The normalized spacial score (nSPS) is 9.50. The van der Waals surface area contributed by atoms with Gasteiger partial charge in [0, 0.05) is 24.3 Å². The minimum Gasteiger partial charge on any atom is -0.508 e. The molecule has 0 amide bonds. The molecule has 0 aliphatic heterocycles. The zero-order chi connectivity index (χ0) is 14.0. The van der Waals surface area contributed by atoms with Crippen LogP contribution in [0.1, 0.15) is 25.3 Å². The van der Waals surface area contributed by atoms with E-state index in [-0.39, 0.29) is 18.0 Å². The molecule has 18 heavy (non-hydrogen) atoms. The molecule has 0 atom stereocenters. The van der Waals surface area contributed by atoms with E-state index >= 15 is 0 Å². The van der Waals surface area contributed by atoms with Crippen molar-refractivity contribution in [1.82, 2.24) is 0 Å². The van der Waals surface area contributed by atoms with Crippen LogP contribution >= 0.6 is 12.6 Å². The summed E-state index contributed by atoms with van der Waals surface area (Å²) >= 11 is 3.53. The van der Waals surface area contributed by atoms with E-state index in [0.717, 1.165) is 12.8 Å². The SMILES string of the molecule is CCCCOCc1cc([N+](=O)[O-])ccc1O.CS. The van der Waals surface area contributed by atoms with Crippen molar-refractivity contribution in [2.24, 2.45) is 0 Å². The van der Waals surface area contributed by atoms with Gasteiger partial charge in [-0.25, -0.2) is 0 Å². The van der Waals surface area contributed by atoms with Gasteiger partial charge in [-0.1, -0.05) is 13.3 Å². The predicted octanol–water partition coefficient (Wildman–Crippen LogP) is 3.16. The zero-order valence-electron chi connectivity index (χ0n) is 10.6. The molecule has 0 spiro atoms. The fraction of sp³-hybridized carbons (Fsp3) is 0.500. The lowest BCUT2D eigenvalue weighted by atomic mass is 10.2. The second kappa shape index (κ2) is 9.73. The summed E-state index contributed by atoms with van der Waals surface area (Å²) in [6, 6.07) is 3.92. The number of ether oxygens (including phenoxy) is 1. The average molecular weight is 273 g/mol. The van der Waals surface area contributed by atoms with Crippen LogP contribution in [-0.4, -0.2) is 22.9 Å². The Bertz CT molecular complexity index is 371. The molecule has 0 aliphatic carbocycles. The maximum absolute atomic E-state index is 10.5. The summed E-state index contributed by atoms with van der Waals surface area (Å²) in [7, 11) is 0. The molecular formula is C12H19NO4S. The quantitative estimate of drug-likeness (QED) is 0.361. The molecule has 102 valence electrons. The molecule has 0 heterocycles. The summed E-state index contributed by atoms with van der Waals surface area (Å²) in [4.78, 5) is 10.0. The Morgan fingerprint density at radius 3 is 2.67 bits per heavy atom. The Morgan fingerprint density at radius 2 is 2.11 bits per heavy atom. The van der Waals surface area contributed by atoms with E-state index in [0.29, 0.717) is 12.2 Å². The molecule has 1 aromatic rings. The van der Waals surface area contributed by atoms with E-state index in [4.69, 9.17) is 4.74 Å². The third-order valence-corrected chi connectivity index (χ3v) is 2.17. The number of nitro groups is 1. The molecule has 0 fully saturated rings. The highest BCUT2D eigenvalue weighted by atomic mass is 32.1. The van der Waals surface area contributed by atoms with Gasteiger partial charge < -0.3 is 9.84 Å². The van der Waals surface area contributed by atoms with Gasteiger partial charge in [-0.05, 0) is 18.7 Å². The first-order chi connectivity index (χ1) is 8.65. The smallest absolute Gasteiger partial charge is 0.270 e. The van der Waals surface area contributed by atoms with Gasteiger partial charge in [0.2, 0.25) is 0 Å². The molecule has 1 aromatic carbocycles. The lowest BCUT2D eigenvalue weighted by Gasteiger charge is -2.05. The van der Waals surface area contributed by atoms with Gasteiger partial charge >= 0.3 is 0 Å². The van der Waals surface area contributed by atoms with Crippen LogP contribution in [0, 0.1) is 10.1 Å². The van der Waals surface area contributed by atoms with Gasteiger partial charge in [0.05, 0.1) is 11.5 Å². The third-order valence-electron chi connectivity index (χ3n) is 2.17. The van der Waals surface area contributed by atoms with Gasteiger partial charge in [0.15, 0.2) is 0 Å². The maximum atomic E-state index is 10.5. The third kappa shape index (κ3) is 5.88. The monoisotopic (exact) mass is 273 g/mol. The first kappa shape index (κ1) is 16.7. The molecule has 5 nitrogen and oxygen atoms in total. The number of unbranched alkanes of at least 4 members (excludes halogenated alkanes) is 1. The molecule has 1 N–H and O–H groups in total. The lowest BCUT2D eigenvalue weighted by Crippen LogP contribution is -1.97. The summed E-state index contributed by atoms with van der Waals surface area (Å²) in [6.45, 7) is 2.85. The number of hydrogen-bond donors (Lipinski definition) is 2. The number of phenolic OH excluding ortho intramolecular Hbond substituents is 1. The Labute approximate surface area is 112 Å². The summed E-state index contributed by atoms with van der Waals surface area (Å²) in [5.74, 6) is 0.0297. The van der Waals surface area contributed by atoms with E-state index in [1.165, 1.54) is 18.2 Å². The number of nitro benzene ring substituents is 1. The highest BCUT2D eigenvalue weighted by Crippen LogP contribution is 2.23. The second-order valence-corrected chi connectivity index (χ2v) is 3.48. The van der Waals surface area contributed by atoms with Crippen LogP contribution in [-0.2, 0) is 11.3 Å². The summed E-state index contributed by atoms with van der Waals surface area (Å²) in [5.41, 5.74) is 0.414. The number of aromatic hydroxyl groups is 1. The Balaban J connectivity index is 0.00000137. The molecule has 0 saturated carbocycles. The maximum Gasteiger partial charge on any atom is 0.270 e. The van der Waals surface area contributed by atoms with Gasteiger partial charge in [0.1, 0.15) is 5.75 Å². The highest BCUT2D eigenvalue weighted by molar-refractivity contribution is 7.79. The summed E-state index contributed by atoms with van der Waals surface area (Å²) in [6.07, 6.45) is 3.66. The average Bonchev–Trinajstić information content (AvgIpc) is 2.38. The van der Waals surface area contributed by atoms with Gasteiger partial charge in [0.25, 0.3) is 5.69 Å². The second-order valence-electron chi connectivity index (χ2n) is 3.48. The van der Waals surface area contributed by atoms with E-state index in [1.54, 1.807) is 6.26 Å². The molecule has 0 saturated heterocycles. The number of non-ortho nitro benzene ring substituents is 1. The fourth-order valence-corrected chi connectivity index (χ4v) is 1.23. The zero-order valence-corrected chi connectivity index (χ0v) is 11.5. The number of hydrogen-bond acceptors (Lipinski definition) is 5. The molecule has 0 aromatic heterocycles. The Hall–Kier alpha value is -1.27. The fourth-order valence-electron chi connectivity index (χ4n) is 1.23. The lowest BCUT2D eigenvalue weighted by molar-refractivity contribution is -0.385. The van der Waals surface area contributed by atoms with E-state index in [2.05, 4.69) is 12.6 Å². The topological polar surface area (TPSA) is 72.6 Å². The van der Waals surface area contributed by atoms with Crippen molar-refractivity contribution < 1.29 is 14.8 Å². The van der Waals surface area contributed by atoms with Crippen molar-refractivity contribution in [1.29, 1.82) is 0 Å². The van der Waals surface area contributed by atoms with Crippen LogP contribution in [0.15, 0.2) is 18.2 Å². The highest BCUT2D eigenvalue weighted by Gasteiger charge is 2.09. The standard InChI is InChI=1S/C11H15NO4.CH4S/c1-2-3-6-16-8-9-7-10(12(14)15)4-5-11(9)13;1-2/h4-5,7,13H,2-3,6,8H2,1H3;2H,1H3.